The molecule has 4 aromatic rings. The Balaban J connectivity index is 1.36. The minimum Gasteiger partial charge on any atom is -0.465 e. The molecule has 0 aliphatic carbocycles. The Bertz CT molecular complexity index is 1320. The summed E-state index contributed by atoms with van der Waals surface area (Å²) in [4.78, 5) is 30.2. The van der Waals surface area contributed by atoms with E-state index in [4.69, 9.17) is 4.74 Å². The summed E-state index contributed by atoms with van der Waals surface area (Å²) in [6.07, 6.45) is 1.02. The summed E-state index contributed by atoms with van der Waals surface area (Å²) >= 11 is 0. The number of rotatable bonds is 4. The molecule has 33 heavy (non-hydrogen) atoms. The number of fused-ring (bicyclic) bond motifs is 3. The molecule has 2 heterocycles. The van der Waals surface area contributed by atoms with Gasteiger partial charge < -0.3 is 15.0 Å². The molecular formula is C27H25N3O3. The highest BCUT2D eigenvalue weighted by Gasteiger charge is 2.29. The van der Waals surface area contributed by atoms with E-state index in [-0.39, 0.29) is 11.9 Å². The summed E-state index contributed by atoms with van der Waals surface area (Å²) in [5.41, 5.74) is 6.58. The van der Waals surface area contributed by atoms with Gasteiger partial charge in [0.05, 0.1) is 18.7 Å². The fourth-order valence-electron chi connectivity index (χ4n) is 4.61. The number of ether oxygens (including phenoxy) is 1. The zero-order valence-electron chi connectivity index (χ0n) is 18.6. The number of nitrogens with zero attached hydrogens (tertiary/aromatic N) is 1. The van der Waals surface area contributed by atoms with Crippen molar-refractivity contribution in [3.05, 3.63) is 101 Å². The second-order valence-electron chi connectivity index (χ2n) is 8.34. The minimum atomic E-state index is -0.427. The predicted octanol–water partition coefficient (Wildman–Crippen LogP) is 4.78. The third-order valence-electron chi connectivity index (χ3n) is 6.33. The van der Waals surface area contributed by atoms with Gasteiger partial charge in [0.25, 0.3) is 5.91 Å². The molecule has 1 unspecified atom stereocenters. The molecule has 1 aliphatic heterocycles. The molecule has 0 spiro atoms. The average molecular weight is 440 g/mol. The van der Waals surface area contributed by atoms with E-state index < -0.39 is 5.97 Å². The normalized spacial score (nSPS) is 15.8. The van der Waals surface area contributed by atoms with Gasteiger partial charge in [-0.1, -0.05) is 30.3 Å². The quantitative estimate of drug-likeness (QED) is 0.449. The second kappa shape index (κ2) is 8.56. The maximum atomic E-state index is 12.6. The van der Waals surface area contributed by atoms with Gasteiger partial charge in [-0.25, -0.2) is 4.79 Å². The van der Waals surface area contributed by atoms with Crippen molar-refractivity contribution in [2.24, 2.45) is 0 Å². The van der Waals surface area contributed by atoms with Crippen molar-refractivity contribution in [1.82, 2.24) is 9.88 Å². The van der Waals surface area contributed by atoms with E-state index in [1.807, 2.05) is 12.1 Å². The highest BCUT2D eigenvalue weighted by atomic mass is 16.5. The molecule has 1 aliphatic rings. The average Bonchev–Trinajstić information content (AvgIpc) is 3.22. The van der Waals surface area contributed by atoms with Crippen LogP contribution in [0.15, 0.2) is 72.8 Å². The fourth-order valence-corrected chi connectivity index (χ4v) is 4.61. The first kappa shape index (κ1) is 21.0. The van der Waals surface area contributed by atoms with Gasteiger partial charge in [0.15, 0.2) is 0 Å². The molecule has 1 aromatic heterocycles. The number of carbonyl (C=O) groups excluding carboxylic acids is 2. The number of hydrogen-bond acceptors (Lipinski definition) is 4. The molecule has 6 nitrogen and oxygen atoms in total. The number of aromatic amines is 1. The van der Waals surface area contributed by atoms with E-state index in [0.29, 0.717) is 11.1 Å². The number of anilines is 1. The van der Waals surface area contributed by atoms with Gasteiger partial charge in [0.1, 0.15) is 0 Å². The Kier molecular flexibility index (Phi) is 5.44. The van der Waals surface area contributed by atoms with Gasteiger partial charge in [0, 0.05) is 34.4 Å². The summed E-state index contributed by atoms with van der Waals surface area (Å²) < 4.78 is 4.69. The number of para-hydroxylation sites is 1. The molecule has 3 aromatic carbocycles. The highest BCUT2D eigenvalue weighted by Crippen LogP contribution is 2.37. The maximum absolute atomic E-state index is 12.6. The lowest BCUT2D eigenvalue weighted by molar-refractivity contribution is 0.0600. The van der Waals surface area contributed by atoms with Crippen LogP contribution in [-0.4, -0.2) is 42.5 Å². The summed E-state index contributed by atoms with van der Waals surface area (Å²) in [7, 11) is 3.48. The molecule has 1 atom stereocenters. The van der Waals surface area contributed by atoms with E-state index >= 15 is 0 Å². The number of carbonyl (C=O) groups is 2. The van der Waals surface area contributed by atoms with Crippen molar-refractivity contribution < 1.29 is 14.3 Å². The van der Waals surface area contributed by atoms with Crippen molar-refractivity contribution in [2.75, 3.05) is 26.0 Å². The molecule has 0 bridgehead atoms. The van der Waals surface area contributed by atoms with Gasteiger partial charge >= 0.3 is 5.97 Å². The van der Waals surface area contributed by atoms with Crippen molar-refractivity contribution in [1.29, 1.82) is 0 Å². The zero-order valence-corrected chi connectivity index (χ0v) is 18.6. The summed E-state index contributed by atoms with van der Waals surface area (Å²) in [6, 6.07) is 23.0. The number of hydrogen-bond donors (Lipinski definition) is 2. The van der Waals surface area contributed by atoms with Crippen molar-refractivity contribution in [2.45, 2.75) is 12.5 Å². The number of nitrogens with one attached hydrogen (secondary N) is 2. The number of amides is 1. The van der Waals surface area contributed by atoms with Gasteiger partial charge in [-0.3, -0.25) is 9.69 Å². The first-order valence-corrected chi connectivity index (χ1v) is 10.9. The molecular weight excluding hydrogens is 414 g/mol. The molecule has 1 amide bonds. The topological polar surface area (TPSA) is 74.4 Å². The molecule has 2 N–H and O–H groups in total. The van der Waals surface area contributed by atoms with Crippen molar-refractivity contribution in [3.63, 3.8) is 0 Å². The third-order valence-corrected chi connectivity index (χ3v) is 6.33. The second-order valence-corrected chi connectivity index (χ2v) is 8.34. The van der Waals surface area contributed by atoms with Gasteiger partial charge in [-0.05, 0) is 67.1 Å². The lowest BCUT2D eigenvalue weighted by Crippen LogP contribution is -2.32. The van der Waals surface area contributed by atoms with Crippen LogP contribution >= 0.6 is 0 Å². The third kappa shape index (κ3) is 3.90. The van der Waals surface area contributed by atoms with Gasteiger partial charge in [-0.2, -0.15) is 0 Å². The van der Waals surface area contributed by atoms with E-state index in [2.05, 4.69) is 58.6 Å². The number of H-pyrrole nitrogens is 1. The van der Waals surface area contributed by atoms with Crippen LogP contribution in [0.4, 0.5) is 5.69 Å². The van der Waals surface area contributed by atoms with E-state index in [1.165, 1.54) is 34.8 Å². The van der Waals surface area contributed by atoms with Crippen LogP contribution in [0.1, 0.15) is 43.6 Å². The van der Waals surface area contributed by atoms with Crippen LogP contribution in [0, 0.1) is 0 Å². The number of methoxy groups -OCH3 is 1. The molecule has 0 fully saturated rings. The fraction of sp³-hybridized carbons (Fsp3) is 0.185. The van der Waals surface area contributed by atoms with Crippen LogP contribution in [0.3, 0.4) is 0 Å². The Hall–Kier alpha value is -3.90. The lowest BCUT2D eigenvalue weighted by Gasteiger charge is -2.33. The lowest BCUT2D eigenvalue weighted by atomic mass is 9.93. The van der Waals surface area contributed by atoms with Crippen LogP contribution in [-0.2, 0) is 11.2 Å². The van der Waals surface area contributed by atoms with Crippen LogP contribution in [0.2, 0.25) is 0 Å². The van der Waals surface area contributed by atoms with Gasteiger partial charge in [-0.15, -0.1) is 0 Å². The Labute approximate surface area is 192 Å². The van der Waals surface area contributed by atoms with Gasteiger partial charge in [0.2, 0.25) is 0 Å². The standard InChI is InChI=1S/C27H25N3O3/c1-30-16-15-22-21-5-3-4-6-23(21)29-24(22)25(30)17-11-13-20(14-12-17)28-26(31)18-7-9-19(10-8-18)27(32)33-2/h3-14,25,29H,15-16H2,1-2H3,(H,28,31). The zero-order chi connectivity index (χ0) is 22.9. The number of likely N-dealkylation sites (N-methyl/N-ethyl adjacent to an activating group) is 1. The molecule has 0 saturated heterocycles. The van der Waals surface area contributed by atoms with Crippen LogP contribution in [0.5, 0.6) is 0 Å². The predicted molar refractivity (Wildman–Crippen MR) is 129 cm³/mol. The van der Waals surface area contributed by atoms with E-state index in [9.17, 15) is 9.59 Å². The first-order chi connectivity index (χ1) is 16.0. The van der Waals surface area contributed by atoms with Crippen LogP contribution in [0.25, 0.3) is 10.9 Å². The Morgan fingerprint density at radius 2 is 1.67 bits per heavy atom. The summed E-state index contributed by atoms with van der Waals surface area (Å²) in [5.74, 6) is -0.657. The maximum Gasteiger partial charge on any atom is 0.337 e. The summed E-state index contributed by atoms with van der Waals surface area (Å²) in [6.45, 7) is 0.986. The minimum absolute atomic E-state index is 0.136. The smallest absolute Gasteiger partial charge is 0.337 e. The first-order valence-electron chi connectivity index (χ1n) is 10.9. The Morgan fingerprint density at radius 3 is 2.39 bits per heavy atom. The molecule has 5 rings (SSSR count). The van der Waals surface area contributed by atoms with Crippen molar-refractivity contribution >= 4 is 28.5 Å². The Morgan fingerprint density at radius 1 is 0.970 bits per heavy atom. The molecule has 6 heteroatoms. The highest BCUT2D eigenvalue weighted by molar-refractivity contribution is 6.04. The van der Waals surface area contributed by atoms with Crippen LogP contribution < -0.4 is 5.32 Å². The van der Waals surface area contributed by atoms with E-state index in [1.54, 1.807) is 24.3 Å². The summed E-state index contributed by atoms with van der Waals surface area (Å²) in [5, 5.41) is 4.23. The molecule has 0 radical (unpaired) electrons. The largest absolute Gasteiger partial charge is 0.465 e. The number of esters is 1. The monoisotopic (exact) mass is 439 g/mol. The number of benzene rings is 3. The van der Waals surface area contributed by atoms with Crippen molar-refractivity contribution in [3.8, 4) is 0 Å². The SMILES string of the molecule is COC(=O)c1ccc(C(=O)Nc2ccc(C3c4[nH]c5ccccc5c4CCN3C)cc2)cc1. The molecule has 0 saturated carbocycles. The number of aromatic nitrogens is 1. The van der Waals surface area contributed by atoms with E-state index in [0.717, 1.165) is 18.7 Å². The molecule has 166 valence electrons.